The van der Waals surface area contributed by atoms with Crippen LogP contribution in [0, 0.1) is 0 Å². The fourth-order valence-corrected chi connectivity index (χ4v) is 2.95. The highest BCUT2D eigenvalue weighted by molar-refractivity contribution is 5.73. The lowest BCUT2D eigenvalue weighted by Crippen LogP contribution is -2.42. The van der Waals surface area contributed by atoms with Gasteiger partial charge in [0.15, 0.2) is 0 Å². The maximum absolute atomic E-state index is 11.6. The zero-order chi connectivity index (χ0) is 13.1. The van der Waals surface area contributed by atoms with Gasteiger partial charge in [0.1, 0.15) is 5.75 Å². The van der Waals surface area contributed by atoms with Crippen LogP contribution in [-0.4, -0.2) is 30.5 Å². The van der Waals surface area contributed by atoms with Gasteiger partial charge in [-0.05, 0) is 43.4 Å². The Morgan fingerprint density at radius 2 is 2.28 bits per heavy atom. The summed E-state index contributed by atoms with van der Waals surface area (Å²) in [5.74, 6) is 1.16. The Morgan fingerprint density at radius 3 is 2.89 bits per heavy atom. The molecule has 1 unspecified atom stereocenters. The summed E-state index contributed by atoms with van der Waals surface area (Å²) in [6, 6.07) is 6.54. The first kappa shape index (κ1) is 12.9. The van der Waals surface area contributed by atoms with E-state index >= 15 is 0 Å². The molecule has 1 aromatic rings. The van der Waals surface area contributed by atoms with Crippen molar-refractivity contribution in [1.29, 1.82) is 0 Å². The molecule has 3 heteroatoms. The highest BCUT2D eigenvalue weighted by Crippen LogP contribution is 2.31. The van der Waals surface area contributed by atoms with Crippen LogP contribution in [0.25, 0.3) is 0 Å². The van der Waals surface area contributed by atoms with Crippen LogP contribution < -0.4 is 4.74 Å². The first-order valence-electron chi connectivity index (χ1n) is 6.59. The molecule has 0 aromatic heterocycles. The van der Waals surface area contributed by atoms with Gasteiger partial charge in [0, 0.05) is 19.5 Å². The number of likely N-dealkylation sites (N-methyl/N-ethyl adjacent to an activating group) is 1. The van der Waals surface area contributed by atoms with Gasteiger partial charge in [-0.2, -0.15) is 0 Å². The topological polar surface area (TPSA) is 29.5 Å². The lowest BCUT2D eigenvalue weighted by Gasteiger charge is -2.34. The number of hydrogen-bond acceptors (Lipinski definition) is 2. The van der Waals surface area contributed by atoms with Crippen molar-refractivity contribution in [3.05, 3.63) is 29.3 Å². The van der Waals surface area contributed by atoms with Gasteiger partial charge in [-0.3, -0.25) is 4.79 Å². The number of carbonyl (C=O) groups excluding carboxylic acids is 1. The molecule has 1 amide bonds. The van der Waals surface area contributed by atoms with Crippen LogP contribution in [0.15, 0.2) is 18.2 Å². The van der Waals surface area contributed by atoms with Crippen molar-refractivity contribution in [2.45, 2.75) is 39.2 Å². The molecule has 0 spiro atoms. The Kier molecular flexibility index (Phi) is 3.90. The molecule has 3 nitrogen and oxygen atoms in total. The van der Waals surface area contributed by atoms with Gasteiger partial charge in [-0.25, -0.2) is 0 Å². The first-order chi connectivity index (χ1) is 8.67. The van der Waals surface area contributed by atoms with Crippen LogP contribution in [0.1, 0.15) is 31.4 Å². The van der Waals surface area contributed by atoms with Crippen molar-refractivity contribution in [3.63, 3.8) is 0 Å². The predicted molar refractivity (Wildman–Crippen MR) is 71.9 cm³/mol. The van der Waals surface area contributed by atoms with Gasteiger partial charge < -0.3 is 9.64 Å². The summed E-state index contributed by atoms with van der Waals surface area (Å²) in [7, 11) is 1.72. The number of fused-ring (bicyclic) bond motifs is 1. The van der Waals surface area contributed by atoms with Crippen molar-refractivity contribution in [2.24, 2.45) is 0 Å². The summed E-state index contributed by atoms with van der Waals surface area (Å²) in [4.78, 5) is 13.6. The molecule has 1 aromatic carbocycles. The molecule has 1 aliphatic carbocycles. The van der Waals surface area contributed by atoms with Crippen LogP contribution in [0.3, 0.4) is 0 Å². The van der Waals surface area contributed by atoms with Gasteiger partial charge in [0.25, 0.3) is 0 Å². The first-order valence-corrected chi connectivity index (χ1v) is 6.59. The maximum Gasteiger partial charge on any atom is 0.219 e. The van der Waals surface area contributed by atoms with E-state index in [1.54, 1.807) is 14.0 Å². The summed E-state index contributed by atoms with van der Waals surface area (Å²) < 4.78 is 5.40. The molecule has 0 radical (unpaired) electrons. The maximum atomic E-state index is 11.6. The van der Waals surface area contributed by atoms with Gasteiger partial charge in [0.05, 0.1) is 7.11 Å². The number of nitrogens with zero attached hydrogens (tertiary/aromatic N) is 1. The number of carbonyl (C=O) groups is 1. The zero-order valence-corrected chi connectivity index (χ0v) is 11.4. The van der Waals surface area contributed by atoms with E-state index in [2.05, 4.69) is 6.07 Å². The van der Waals surface area contributed by atoms with Crippen molar-refractivity contribution >= 4 is 5.91 Å². The molecule has 0 saturated heterocycles. The summed E-state index contributed by atoms with van der Waals surface area (Å²) in [5, 5.41) is 0. The van der Waals surface area contributed by atoms with Crippen LogP contribution in [0.5, 0.6) is 5.75 Å². The Labute approximate surface area is 109 Å². The van der Waals surface area contributed by atoms with Gasteiger partial charge in [0.2, 0.25) is 5.91 Å². The van der Waals surface area contributed by atoms with E-state index in [1.165, 1.54) is 11.1 Å². The van der Waals surface area contributed by atoms with Crippen molar-refractivity contribution < 1.29 is 9.53 Å². The second kappa shape index (κ2) is 5.42. The van der Waals surface area contributed by atoms with E-state index in [1.807, 2.05) is 24.0 Å². The fraction of sp³-hybridized carbons (Fsp3) is 0.533. The van der Waals surface area contributed by atoms with E-state index < -0.39 is 0 Å². The summed E-state index contributed by atoms with van der Waals surface area (Å²) in [5.41, 5.74) is 2.64. The number of rotatable bonds is 3. The third-order valence-electron chi connectivity index (χ3n) is 3.82. The van der Waals surface area contributed by atoms with E-state index in [4.69, 9.17) is 4.74 Å². The minimum atomic E-state index is 0.175. The Balaban J connectivity index is 2.22. The number of ether oxygens (including phenoxy) is 1. The largest absolute Gasteiger partial charge is 0.496 e. The highest BCUT2D eigenvalue weighted by Gasteiger charge is 2.26. The number of hydrogen-bond donors (Lipinski definition) is 0. The van der Waals surface area contributed by atoms with E-state index in [0.717, 1.165) is 31.6 Å². The molecule has 98 valence electrons. The SMILES string of the molecule is CCN(C(C)=O)C1CCc2c(cccc2OC)C1. The van der Waals surface area contributed by atoms with E-state index in [0.29, 0.717) is 6.04 Å². The molecule has 1 atom stereocenters. The molecular formula is C15H21NO2. The molecule has 18 heavy (non-hydrogen) atoms. The summed E-state index contributed by atoms with van der Waals surface area (Å²) in [6.45, 7) is 4.49. The van der Waals surface area contributed by atoms with E-state index in [9.17, 15) is 4.79 Å². The number of methoxy groups -OCH3 is 1. The predicted octanol–water partition coefficient (Wildman–Crippen LogP) is 2.42. The Bertz CT molecular complexity index is 442. The smallest absolute Gasteiger partial charge is 0.219 e. The third-order valence-corrected chi connectivity index (χ3v) is 3.82. The summed E-state index contributed by atoms with van der Waals surface area (Å²) in [6.07, 6.45) is 2.97. The summed E-state index contributed by atoms with van der Waals surface area (Å²) >= 11 is 0. The molecular weight excluding hydrogens is 226 g/mol. The molecule has 0 aliphatic heterocycles. The normalized spacial score (nSPS) is 18.1. The average molecular weight is 247 g/mol. The van der Waals surface area contributed by atoms with Crippen LogP contribution in [0.4, 0.5) is 0 Å². The van der Waals surface area contributed by atoms with Crippen LogP contribution >= 0.6 is 0 Å². The van der Waals surface area contributed by atoms with Gasteiger partial charge in [-0.15, -0.1) is 0 Å². The van der Waals surface area contributed by atoms with E-state index in [-0.39, 0.29) is 5.91 Å². The second-order valence-corrected chi connectivity index (χ2v) is 4.80. The highest BCUT2D eigenvalue weighted by atomic mass is 16.5. The zero-order valence-electron chi connectivity index (χ0n) is 11.4. The molecule has 2 rings (SSSR count). The molecule has 1 aliphatic rings. The molecule has 0 saturated carbocycles. The Morgan fingerprint density at radius 1 is 1.50 bits per heavy atom. The molecule has 0 fully saturated rings. The molecule has 0 bridgehead atoms. The van der Waals surface area contributed by atoms with Crippen molar-refractivity contribution in [3.8, 4) is 5.75 Å². The lowest BCUT2D eigenvalue weighted by molar-refractivity contribution is -0.131. The van der Waals surface area contributed by atoms with Gasteiger partial charge in [-0.1, -0.05) is 12.1 Å². The molecule has 0 N–H and O–H groups in total. The van der Waals surface area contributed by atoms with Crippen LogP contribution in [-0.2, 0) is 17.6 Å². The van der Waals surface area contributed by atoms with Crippen LogP contribution in [0.2, 0.25) is 0 Å². The van der Waals surface area contributed by atoms with Crippen molar-refractivity contribution in [2.75, 3.05) is 13.7 Å². The van der Waals surface area contributed by atoms with Crippen molar-refractivity contribution in [1.82, 2.24) is 4.90 Å². The minimum absolute atomic E-state index is 0.175. The third kappa shape index (κ3) is 2.35. The number of benzene rings is 1. The van der Waals surface area contributed by atoms with Gasteiger partial charge >= 0.3 is 0 Å². The number of amides is 1. The lowest BCUT2D eigenvalue weighted by atomic mass is 9.87. The molecule has 0 heterocycles. The standard InChI is InChI=1S/C15H21NO2/c1-4-16(11(2)17)13-8-9-14-12(10-13)6-5-7-15(14)18-3/h5-7,13H,4,8-10H2,1-3H3. The fourth-order valence-electron chi connectivity index (χ4n) is 2.95. The second-order valence-electron chi connectivity index (χ2n) is 4.80. The monoisotopic (exact) mass is 247 g/mol. The minimum Gasteiger partial charge on any atom is -0.496 e. The average Bonchev–Trinajstić information content (AvgIpc) is 2.38. The quantitative estimate of drug-likeness (QED) is 0.821. The Hall–Kier alpha value is -1.51.